The molecule has 70 heavy (non-hydrogen) atoms. The molecule has 0 N–H and O–H groups in total. The molecule has 0 fully saturated rings. The lowest BCUT2D eigenvalue weighted by atomic mass is 9.67. The first-order chi connectivity index (χ1) is 34.5. The number of rotatable bonds is 7. The molecule has 0 unspecified atom stereocenters. The van der Waals surface area contributed by atoms with Gasteiger partial charge in [-0.2, -0.15) is 0 Å². The van der Waals surface area contributed by atoms with Crippen LogP contribution < -0.4 is 4.90 Å². The largest absolute Gasteiger partial charge is 0.310 e. The van der Waals surface area contributed by atoms with Gasteiger partial charge in [-0.1, -0.05) is 202 Å². The molecule has 0 bridgehead atoms. The van der Waals surface area contributed by atoms with Gasteiger partial charge in [0.2, 0.25) is 0 Å². The predicted octanol–water partition coefficient (Wildman–Crippen LogP) is 17.7. The number of benzene rings is 11. The average Bonchev–Trinajstić information content (AvgIpc) is 4.00. The number of nitrogens with zero attached hydrogens (tertiary/aromatic N) is 2. The molecule has 2 nitrogen and oxygen atoms in total. The predicted molar refractivity (Wildman–Crippen MR) is 293 cm³/mol. The van der Waals surface area contributed by atoms with Crippen molar-refractivity contribution in [3.63, 3.8) is 0 Å². The van der Waals surface area contributed by atoms with E-state index in [0.29, 0.717) is 0 Å². The van der Waals surface area contributed by atoms with Gasteiger partial charge in [0.25, 0.3) is 0 Å². The number of fused-ring (bicyclic) bond motifs is 11. The van der Waals surface area contributed by atoms with Crippen LogP contribution in [0.2, 0.25) is 0 Å². The standard InChI is InChI=1S/C68H48N2/c1-67(2)63-44-53(36-39-57(63)58-38-32-47-20-12-13-25-54(47)66(58)67)69(51-34-30-46(31-35-51)45-18-6-3-7-19-45)52-37-41-65-60(43-52)59-42-49(33-40-64(59)70(65)50-23-10-5-11-24-50)68(48-21-8-4-9-22-48)61-28-16-14-26-55(61)56-27-15-17-29-62(56)68/h3-44H,1-2H3. The summed E-state index contributed by atoms with van der Waals surface area (Å²) in [4.78, 5) is 2.47. The smallest absolute Gasteiger partial charge is 0.0713 e. The highest BCUT2D eigenvalue weighted by atomic mass is 15.1. The van der Waals surface area contributed by atoms with Crippen LogP contribution in [0.25, 0.3) is 71.6 Å². The Morgan fingerprint density at radius 1 is 0.343 bits per heavy atom. The van der Waals surface area contributed by atoms with Crippen LogP contribution in [0.3, 0.4) is 0 Å². The first kappa shape index (κ1) is 40.4. The van der Waals surface area contributed by atoms with Gasteiger partial charge in [0.05, 0.1) is 16.4 Å². The zero-order valence-corrected chi connectivity index (χ0v) is 39.1. The van der Waals surface area contributed by atoms with E-state index in [-0.39, 0.29) is 5.41 Å². The van der Waals surface area contributed by atoms with Crippen molar-refractivity contribution in [3.05, 3.63) is 288 Å². The van der Waals surface area contributed by atoms with E-state index in [1.165, 1.54) is 99.3 Å². The van der Waals surface area contributed by atoms with Crippen LogP contribution >= 0.6 is 0 Å². The fourth-order valence-electron chi connectivity index (χ4n) is 12.6. The van der Waals surface area contributed by atoms with E-state index in [4.69, 9.17) is 0 Å². The van der Waals surface area contributed by atoms with Crippen molar-refractivity contribution in [1.29, 1.82) is 0 Å². The van der Waals surface area contributed by atoms with E-state index in [0.717, 1.165) is 22.7 Å². The molecular weight excluding hydrogens is 845 g/mol. The van der Waals surface area contributed by atoms with Crippen molar-refractivity contribution < 1.29 is 0 Å². The van der Waals surface area contributed by atoms with Crippen LogP contribution in [-0.2, 0) is 10.8 Å². The fourth-order valence-corrected chi connectivity index (χ4v) is 12.6. The Morgan fingerprint density at radius 2 is 0.871 bits per heavy atom. The molecule has 2 aliphatic carbocycles. The maximum absolute atomic E-state index is 2.51. The summed E-state index contributed by atoms with van der Waals surface area (Å²) in [6.45, 7) is 4.80. The zero-order chi connectivity index (χ0) is 46.6. The minimum Gasteiger partial charge on any atom is -0.310 e. The third-order valence-electron chi connectivity index (χ3n) is 15.6. The molecule has 14 rings (SSSR count). The van der Waals surface area contributed by atoms with Crippen molar-refractivity contribution in [2.24, 2.45) is 0 Å². The maximum atomic E-state index is 2.51. The molecule has 0 saturated carbocycles. The normalized spacial score (nSPS) is 13.8. The fraction of sp³-hybridized carbons (Fsp3) is 0.0588. The van der Waals surface area contributed by atoms with Crippen LogP contribution in [0, 0.1) is 0 Å². The summed E-state index contributed by atoms with van der Waals surface area (Å²) in [7, 11) is 0. The van der Waals surface area contributed by atoms with E-state index in [2.05, 4.69) is 278 Å². The molecule has 0 aliphatic heterocycles. The third kappa shape index (κ3) is 5.80. The lowest BCUT2D eigenvalue weighted by Gasteiger charge is -2.34. The Bertz CT molecular complexity index is 3970. The highest BCUT2D eigenvalue weighted by Gasteiger charge is 2.46. The first-order valence-corrected chi connectivity index (χ1v) is 24.5. The lowest BCUT2D eigenvalue weighted by molar-refractivity contribution is 0.666. The molecular formula is C68H48N2. The highest BCUT2D eigenvalue weighted by molar-refractivity contribution is 6.11. The average molecular weight is 893 g/mol. The Balaban J connectivity index is 1.01. The van der Waals surface area contributed by atoms with Crippen LogP contribution in [0.1, 0.15) is 47.2 Å². The molecule has 2 aliphatic rings. The zero-order valence-electron chi connectivity index (χ0n) is 39.1. The summed E-state index contributed by atoms with van der Waals surface area (Å²) < 4.78 is 2.45. The molecule has 330 valence electrons. The Labute approximate surface area is 409 Å². The maximum Gasteiger partial charge on any atom is 0.0713 e. The third-order valence-corrected chi connectivity index (χ3v) is 15.6. The molecule has 12 aromatic rings. The molecule has 0 spiro atoms. The van der Waals surface area contributed by atoms with Crippen molar-refractivity contribution in [1.82, 2.24) is 4.57 Å². The van der Waals surface area contributed by atoms with E-state index in [1.807, 2.05) is 0 Å². The Kier molecular flexibility index (Phi) is 8.88. The number of para-hydroxylation sites is 1. The van der Waals surface area contributed by atoms with Gasteiger partial charge in [-0.15, -0.1) is 0 Å². The number of hydrogen-bond donors (Lipinski definition) is 0. The van der Waals surface area contributed by atoms with Gasteiger partial charge in [0.15, 0.2) is 0 Å². The molecule has 2 heteroatoms. The molecule has 0 radical (unpaired) electrons. The van der Waals surface area contributed by atoms with Crippen LogP contribution in [0.15, 0.2) is 255 Å². The number of anilines is 3. The van der Waals surface area contributed by atoms with Crippen molar-refractivity contribution >= 4 is 49.6 Å². The minimum atomic E-state index is -0.520. The summed E-state index contributed by atoms with van der Waals surface area (Å²) >= 11 is 0. The van der Waals surface area contributed by atoms with Gasteiger partial charge < -0.3 is 9.47 Å². The Hall–Kier alpha value is -8.72. The van der Waals surface area contributed by atoms with Gasteiger partial charge in [0.1, 0.15) is 0 Å². The quantitative estimate of drug-likeness (QED) is 0.155. The molecule has 0 saturated heterocycles. The summed E-state index contributed by atoms with van der Waals surface area (Å²) in [6, 6.07) is 94.8. The van der Waals surface area contributed by atoms with Gasteiger partial charge in [-0.3, -0.25) is 0 Å². The topological polar surface area (TPSA) is 8.17 Å². The van der Waals surface area contributed by atoms with Gasteiger partial charge in [-0.05, 0) is 144 Å². The second kappa shape index (κ2) is 15.4. The number of hydrogen-bond acceptors (Lipinski definition) is 1. The Morgan fingerprint density at radius 3 is 1.60 bits per heavy atom. The summed E-state index contributed by atoms with van der Waals surface area (Å²) in [6.07, 6.45) is 0. The van der Waals surface area contributed by atoms with Crippen molar-refractivity contribution in [2.45, 2.75) is 24.7 Å². The lowest BCUT2D eigenvalue weighted by Crippen LogP contribution is -2.28. The summed E-state index contributed by atoms with van der Waals surface area (Å²) in [5, 5.41) is 5.03. The van der Waals surface area contributed by atoms with Crippen molar-refractivity contribution in [3.8, 4) is 39.1 Å². The molecule has 1 heterocycles. The van der Waals surface area contributed by atoms with Crippen LogP contribution in [0.4, 0.5) is 17.1 Å². The van der Waals surface area contributed by atoms with Crippen molar-refractivity contribution in [2.75, 3.05) is 4.90 Å². The van der Waals surface area contributed by atoms with Crippen LogP contribution in [-0.4, -0.2) is 4.57 Å². The van der Waals surface area contributed by atoms with E-state index < -0.39 is 5.41 Å². The molecule has 0 amide bonds. The van der Waals surface area contributed by atoms with Gasteiger partial charge in [0, 0.05) is 38.9 Å². The second-order valence-electron chi connectivity index (χ2n) is 19.6. The van der Waals surface area contributed by atoms with Gasteiger partial charge >= 0.3 is 0 Å². The highest BCUT2D eigenvalue weighted by Crippen LogP contribution is 2.57. The summed E-state index contributed by atoms with van der Waals surface area (Å²) in [5.41, 5.74) is 21.6. The second-order valence-corrected chi connectivity index (χ2v) is 19.6. The monoisotopic (exact) mass is 892 g/mol. The first-order valence-electron chi connectivity index (χ1n) is 24.5. The SMILES string of the molecule is CC1(C)c2cc(N(c3ccc(-c4ccccc4)cc3)c3ccc4c(c3)c3cc(C5(c6ccccc6)c6ccccc6-c6ccccc65)ccc3n4-c3ccccc3)ccc2-c2ccc3ccccc3c21. The molecule has 1 aromatic heterocycles. The van der Waals surface area contributed by atoms with Gasteiger partial charge in [-0.25, -0.2) is 0 Å². The van der Waals surface area contributed by atoms with E-state index in [9.17, 15) is 0 Å². The summed E-state index contributed by atoms with van der Waals surface area (Å²) in [5.74, 6) is 0. The van der Waals surface area contributed by atoms with E-state index >= 15 is 0 Å². The van der Waals surface area contributed by atoms with Crippen LogP contribution in [0.5, 0.6) is 0 Å². The van der Waals surface area contributed by atoms with E-state index in [1.54, 1.807) is 0 Å². The molecule has 11 aromatic carbocycles. The molecule has 0 atom stereocenters. The number of aromatic nitrogens is 1. The minimum absolute atomic E-state index is 0.208.